The van der Waals surface area contributed by atoms with Gasteiger partial charge in [-0.15, -0.1) is 23.1 Å². The maximum atomic E-state index is 12.7. The number of thiophene rings is 1. The molecule has 156 valence electrons. The molecule has 1 heterocycles. The second-order valence-corrected chi connectivity index (χ2v) is 9.05. The molecule has 0 unspecified atom stereocenters. The Labute approximate surface area is 189 Å². The maximum Gasteiger partial charge on any atom is 0.341 e. The van der Waals surface area contributed by atoms with Gasteiger partial charge in [0.2, 0.25) is 5.91 Å². The van der Waals surface area contributed by atoms with Crippen LogP contribution in [0.4, 0.5) is 5.00 Å². The molecule has 2 aromatic carbocycles. The van der Waals surface area contributed by atoms with Crippen molar-refractivity contribution in [1.29, 1.82) is 0 Å². The van der Waals surface area contributed by atoms with Gasteiger partial charge >= 0.3 is 5.97 Å². The Morgan fingerprint density at radius 2 is 1.83 bits per heavy atom. The fourth-order valence-corrected chi connectivity index (χ4v) is 4.80. The van der Waals surface area contributed by atoms with Crippen LogP contribution in [-0.4, -0.2) is 24.2 Å². The Morgan fingerprint density at radius 3 is 2.50 bits per heavy atom. The second kappa shape index (κ2) is 10.2. The van der Waals surface area contributed by atoms with Crippen LogP contribution in [0.25, 0.3) is 11.1 Å². The highest BCUT2D eigenvalue weighted by Crippen LogP contribution is 2.38. The van der Waals surface area contributed by atoms with Crippen LogP contribution in [0.3, 0.4) is 0 Å². The first-order valence-corrected chi connectivity index (χ1v) is 11.7. The Bertz CT molecular complexity index is 1060. The van der Waals surface area contributed by atoms with E-state index < -0.39 is 5.97 Å². The Hall–Kier alpha value is -2.28. The van der Waals surface area contributed by atoms with E-state index >= 15 is 0 Å². The van der Waals surface area contributed by atoms with Gasteiger partial charge in [0.15, 0.2) is 0 Å². The highest BCUT2D eigenvalue weighted by atomic mass is 35.5. The molecule has 0 spiro atoms. The summed E-state index contributed by atoms with van der Waals surface area (Å²) in [5.74, 6) is -0.398. The number of aryl methyl sites for hydroxylation is 2. The topological polar surface area (TPSA) is 55.4 Å². The molecule has 4 nitrogen and oxygen atoms in total. The quantitative estimate of drug-likeness (QED) is 0.319. The summed E-state index contributed by atoms with van der Waals surface area (Å²) < 4.78 is 5.27. The SMILES string of the molecule is CCOC(=O)c1c(-c2ccc(C)cc2C)csc1NC(=O)CSc1ccc(Cl)cc1. The molecule has 0 atom stereocenters. The van der Waals surface area contributed by atoms with Gasteiger partial charge in [0.1, 0.15) is 10.6 Å². The number of hydrogen-bond donors (Lipinski definition) is 1. The fourth-order valence-electron chi connectivity index (χ4n) is 3.01. The lowest BCUT2D eigenvalue weighted by atomic mass is 9.97. The zero-order valence-electron chi connectivity index (χ0n) is 17.0. The van der Waals surface area contributed by atoms with Crippen LogP contribution in [0, 0.1) is 13.8 Å². The van der Waals surface area contributed by atoms with Crippen LogP contribution in [0.15, 0.2) is 52.7 Å². The summed E-state index contributed by atoms with van der Waals surface area (Å²) >= 11 is 8.63. The third kappa shape index (κ3) is 5.45. The molecule has 1 aromatic heterocycles. The van der Waals surface area contributed by atoms with E-state index in [-0.39, 0.29) is 18.3 Å². The van der Waals surface area contributed by atoms with E-state index in [0.29, 0.717) is 15.6 Å². The van der Waals surface area contributed by atoms with Gasteiger partial charge in [0.25, 0.3) is 0 Å². The summed E-state index contributed by atoms with van der Waals surface area (Å²) in [5.41, 5.74) is 4.35. The molecular weight excluding hydrogens is 438 g/mol. The summed E-state index contributed by atoms with van der Waals surface area (Å²) in [6, 6.07) is 13.4. The number of carbonyl (C=O) groups is 2. The van der Waals surface area contributed by atoms with E-state index in [1.54, 1.807) is 19.1 Å². The maximum absolute atomic E-state index is 12.7. The number of thioether (sulfide) groups is 1. The van der Waals surface area contributed by atoms with Crippen LogP contribution in [0.2, 0.25) is 5.02 Å². The van der Waals surface area contributed by atoms with Gasteiger partial charge in [-0.3, -0.25) is 4.79 Å². The van der Waals surface area contributed by atoms with Crippen molar-refractivity contribution in [1.82, 2.24) is 0 Å². The Morgan fingerprint density at radius 1 is 1.10 bits per heavy atom. The zero-order valence-corrected chi connectivity index (χ0v) is 19.3. The molecule has 1 N–H and O–H groups in total. The largest absolute Gasteiger partial charge is 0.462 e. The minimum Gasteiger partial charge on any atom is -0.462 e. The standard InChI is InChI=1S/C23H22ClNO3S2/c1-4-28-23(27)21-19(18-10-5-14(2)11-15(18)3)12-30-22(21)25-20(26)13-29-17-8-6-16(24)7-9-17/h5-12H,4,13H2,1-3H3,(H,25,26). The predicted octanol–water partition coefficient (Wildman–Crippen LogP) is 6.59. The molecule has 0 bridgehead atoms. The van der Waals surface area contributed by atoms with E-state index in [0.717, 1.165) is 27.1 Å². The molecule has 3 rings (SSSR count). The molecule has 3 aromatic rings. The number of halogens is 1. The molecule has 7 heteroatoms. The molecule has 0 aliphatic carbocycles. The summed E-state index contributed by atoms with van der Waals surface area (Å²) in [6.45, 7) is 6.07. The van der Waals surface area contributed by atoms with Gasteiger partial charge in [-0.05, 0) is 56.2 Å². The van der Waals surface area contributed by atoms with Crippen molar-refractivity contribution < 1.29 is 14.3 Å². The first-order valence-electron chi connectivity index (χ1n) is 9.43. The zero-order chi connectivity index (χ0) is 21.7. The smallest absolute Gasteiger partial charge is 0.341 e. The van der Waals surface area contributed by atoms with Crippen LogP contribution in [0.5, 0.6) is 0 Å². The van der Waals surface area contributed by atoms with Gasteiger partial charge < -0.3 is 10.1 Å². The fraction of sp³-hybridized carbons (Fsp3) is 0.217. The molecule has 0 saturated heterocycles. The average Bonchev–Trinajstić information content (AvgIpc) is 3.11. The number of benzene rings is 2. The number of nitrogens with one attached hydrogen (secondary N) is 1. The van der Waals surface area contributed by atoms with Crippen LogP contribution >= 0.6 is 34.7 Å². The molecule has 1 amide bonds. The molecule has 0 aliphatic heterocycles. The number of anilines is 1. The summed E-state index contributed by atoms with van der Waals surface area (Å²) in [5, 5.41) is 5.94. The van der Waals surface area contributed by atoms with E-state index in [1.165, 1.54) is 23.1 Å². The molecule has 0 aliphatic rings. The van der Waals surface area contributed by atoms with Gasteiger partial charge in [-0.25, -0.2) is 4.79 Å². The number of hydrogen-bond acceptors (Lipinski definition) is 5. The van der Waals surface area contributed by atoms with E-state index in [4.69, 9.17) is 16.3 Å². The van der Waals surface area contributed by atoms with E-state index in [1.807, 2.05) is 43.5 Å². The number of rotatable bonds is 7. The van der Waals surface area contributed by atoms with Crippen molar-refractivity contribution in [3.63, 3.8) is 0 Å². The van der Waals surface area contributed by atoms with Crippen LogP contribution in [-0.2, 0) is 9.53 Å². The molecule has 0 radical (unpaired) electrons. The minimum atomic E-state index is -0.436. The van der Waals surface area contributed by atoms with E-state index in [2.05, 4.69) is 11.4 Å². The number of esters is 1. The highest BCUT2D eigenvalue weighted by molar-refractivity contribution is 8.00. The molecule has 0 saturated carbocycles. The third-order valence-corrected chi connectivity index (χ3v) is 6.54. The number of ether oxygens (including phenoxy) is 1. The van der Waals surface area contributed by atoms with E-state index in [9.17, 15) is 9.59 Å². The van der Waals surface area contributed by atoms with Crippen molar-refractivity contribution in [3.05, 3.63) is 69.6 Å². The first-order chi connectivity index (χ1) is 14.4. The van der Waals surface area contributed by atoms with Crippen molar-refractivity contribution in [2.75, 3.05) is 17.7 Å². The van der Waals surface area contributed by atoms with Gasteiger partial charge in [0, 0.05) is 20.9 Å². The average molecular weight is 460 g/mol. The van der Waals surface area contributed by atoms with Crippen LogP contribution in [0.1, 0.15) is 28.4 Å². The third-order valence-electron chi connectivity index (χ3n) is 4.38. The first kappa shape index (κ1) is 22.4. The predicted molar refractivity (Wildman–Crippen MR) is 126 cm³/mol. The lowest BCUT2D eigenvalue weighted by Gasteiger charge is -2.11. The van der Waals surface area contributed by atoms with Crippen molar-refractivity contribution in [2.24, 2.45) is 0 Å². The number of amides is 1. The van der Waals surface area contributed by atoms with Crippen molar-refractivity contribution in [2.45, 2.75) is 25.7 Å². The Balaban J connectivity index is 1.83. The second-order valence-electron chi connectivity index (χ2n) is 6.68. The minimum absolute atomic E-state index is 0.186. The monoisotopic (exact) mass is 459 g/mol. The lowest BCUT2D eigenvalue weighted by Crippen LogP contribution is -2.16. The van der Waals surface area contributed by atoms with Crippen molar-refractivity contribution >= 4 is 51.6 Å². The van der Waals surface area contributed by atoms with Gasteiger partial charge in [-0.2, -0.15) is 0 Å². The van der Waals surface area contributed by atoms with Gasteiger partial charge in [-0.1, -0.05) is 35.4 Å². The highest BCUT2D eigenvalue weighted by Gasteiger charge is 2.23. The van der Waals surface area contributed by atoms with Gasteiger partial charge in [0.05, 0.1) is 12.4 Å². The Kier molecular flexibility index (Phi) is 7.58. The molecule has 0 fully saturated rings. The lowest BCUT2D eigenvalue weighted by molar-refractivity contribution is -0.113. The summed E-state index contributed by atoms with van der Waals surface area (Å²) in [7, 11) is 0. The molecule has 30 heavy (non-hydrogen) atoms. The number of carbonyl (C=O) groups excluding carboxylic acids is 2. The summed E-state index contributed by atoms with van der Waals surface area (Å²) in [4.78, 5) is 26.2. The summed E-state index contributed by atoms with van der Waals surface area (Å²) in [6.07, 6.45) is 0. The van der Waals surface area contributed by atoms with Crippen LogP contribution < -0.4 is 5.32 Å². The normalized spacial score (nSPS) is 10.7. The van der Waals surface area contributed by atoms with Crippen molar-refractivity contribution in [3.8, 4) is 11.1 Å². The molecular formula is C23H22ClNO3S2.